The van der Waals surface area contributed by atoms with Gasteiger partial charge < -0.3 is 20.3 Å². The number of nitrogens with one attached hydrogen (secondary N) is 1. The maximum Gasteiger partial charge on any atom is 3.00 e. The molecular weight excluding hydrogens is 417 g/mol. The number of aromatic nitrogens is 1. The predicted molar refractivity (Wildman–Crippen MR) is 89.0 cm³/mol. The van der Waals surface area contributed by atoms with Crippen molar-refractivity contribution in [2.45, 2.75) is 6.04 Å². The fourth-order valence-corrected chi connectivity index (χ4v) is 2.36. The van der Waals surface area contributed by atoms with Crippen LogP contribution in [0.4, 0.5) is 5.82 Å². The monoisotopic (exact) mass is 438 g/mol. The Kier molecular flexibility index (Phi) is 8.10. The molecule has 5 nitrogen and oxygen atoms in total. The van der Waals surface area contributed by atoms with Gasteiger partial charge in [0, 0.05) is 25.4 Å². The molecule has 116 valence electrons. The normalized spacial score (nSPS) is 11.7. The zero-order valence-corrected chi connectivity index (χ0v) is 17.4. The summed E-state index contributed by atoms with van der Waals surface area (Å²) in [5.74, 6) is 0.0651. The Balaban J connectivity index is 0.00000264. The van der Waals surface area contributed by atoms with E-state index < -0.39 is 5.91 Å². The van der Waals surface area contributed by atoms with Gasteiger partial charge in [-0.1, -0.05) is 30.3 Å². The van der Waals surface area contributed by atoms with Gasteiger partial charge in [0.25, 0.3) is 0 Å². The molecule has 1 amide bonds. The molecule has 0 spiro atoms. The van der Waals surface area contributed by atoms with Gasteiger partial charge >= 0.3 is 41.3 Å². The Hall–Kier alpha value is -1.04. The number of nitrogens with zero attached hydrogens (tertiary/aromatic N) is 3. The molecule has 1 heterocycles. The van der Waals surface area contributed by atoms with Crippen LogP contribution in [0.25, 0.3) is 5.73 Å². The summed E-state index contributed by atoms with van der Waals surface area (Å²) < 4.78 is 0. The minimum Gasteiger partial charge on any atom is -0.664 e. The van der Waals surface area contributed by atoms with E-state index in [9.17, 15) is 4.79 Å². The molecule has 2 aromatic rings. The fourth-order valence-electron chi connectivity index (χ4n) is 2.36. The fraction of sp³-hybridized carbons (Fsp3) is 0.294. The third kappa shape index (κ3) is 5.52. The van der Waals surface area contributed by atoms with Gasteiger partial charge in [-0.3, -0.25) is 0 Å². The maximum absolute atomic E-state index is 11.0. The first kappa shape index (κ1) is 20.0. The molecule has 0 radical (unpaired) electrons. The molecule has 1 unspecified atom stereocenters. The van der Waals surface area contributed by atoms with Crippen LogP contribution in [-0.2, 0) is 0 Å². The van der Waals surface area contributed by atoms with Crippen molar-refractivity contribution < 1.29 is 46.1 Å². The van der Waals surface area contributed by atoms with Crippen LogP contribution in [0.3, 0.4) is 0 Å². The average Bonchev–Trinajstić information content (AvgIpc) is 2.52. The topological polar surface area (TPSA) is 60.2 Å². The van der Waals surface area contributed by atoms with Crippen LogP contribution in [0.2, 0.25) is 0 Å². The van der Waals surface area contributed by atoms with E-state index in [1.807, 2.05) is 39.3 Å². The van der Waals surface area contributed by atoms with Gasteiger partial charge in [0.15, 0.2) is 0 Å². The standard InChI is InChI=1S/C17H22N4O.Pr/c1-20(2)12-15(13-7-5-4-6-8-13)21(3)16-10-9-14(11-19-16)17(18)22;/h4-11,15H,12H2,1-3H3,(H2,18,22);/q;+3/p-1. The first-order valence-corrected chi connectivity index (χ1v) is 7.13. The van der Waals surface area contributed by atoms with Gasteiger partial charge in [-0.05, 0) is 31.8 Å². The number of rotatable bonds is 6. The molecule has 6 heteroatoms. The van der Waals surface area contributed by atoms with E-state index in [1.165, 1.54) is 11.8 Å². The molecule has 0 aliphatic carbocycles. The van der Waals surface area contributed by atoms with Gasteiger partial charge in [0.2, 0.25) is 0 Å². The number of benzene rings is 1. The Morgan fingerprint density at radius 1 is 1.13 bits per heavy atom. The maximum atomic E-state index is 11.0. The summed E-state index contributed by atoms with van der Waals surface area (Å²) in [5.41, 5.74) is 8.62. The molecular formula is C17H21N4OPr+2. The van der Waals surface area contributed by atoms with E-state index >= 15 is 0 Å². The number of hydrogen-bond donors (Lipinski definition) is 0. The van der Waals surface area contributed by atoms with E-state index in [2.05, 4.69) is 26.9 Å². The zero-order chi connectivity index (χ0) is 16.1. The molecule has 2 rings (SSSR count). The van der Waals surface area contributed by atoms with Crippen LogP contribution < -0.4 is 4.90 Å². The molecule has 0 saturated carbocycles. The second kappa shape index (κ2) is 9.31. The molecule has 0 saturated heterocycles. The Labute approximate surface area is 170 Å². The number of carbonyl (C=O) groups is 1. The summed E-state index contributed by atoms with van der Waals surface area (Å²) in [6.07, 6.45) is 1.46. The van der Waals surface area contributed by atoms with Crippen LogP contribution in [0.5, 0.6) is 0 Å². The van der Waals surface area contributed by atoms with Crippen LogP contribution in [0.1, 0.15) is 22.0 Å². The van der Waals surface area contributed by atoms with Gasteiger partial charge in [-0.15, -0.1) is 0 Å². The van der Waals surface area contributed by atoms with Crippen LogP contribution >= 0.6 is 0 Å². The summed E-state index contributed by atoms with van der Waals surface area (Å²) >= 11 is 0. The molecule has 0 bridgehead atoms. The smallest absolute Gasteiger partial charge is 0.664 e. The summed E-state index contributed by atoms with van der Waals surface area (Å²) in [6, 6.07) is 13.9. The van der Waals surface area contributed by atoms with Gasteiger partial charge in [-0.2, -0.15) is 0 Å². The number of likely N-dealkylation sites (N-methyl/N-ethyl adjacent to an activating group) is 2. The molecule has 1 aromatic heterocycles. The SMILES string of the molecule is CN(C)CC(c1ccccc1)N(C)c1ccc(C([NH-])=O)cn1.[Pr+3]. The number of anilines is 1. The molecule has 1 atom stereocenters. The second-order valence-electron chi connectivity index (χ2n) is 5.53. The molecule has 1 aromatic carbocycles. The molecule has 1 N–H and O–H groups in total. The Morgan fingerprint density at radius 3 is 2.26 bits per heavy atom. The summed E-state index contributed by atoms with van der Waals surface area (Å²) in [5, 5.41) is 0. The van der Waals surface area contributed by atoms with Crippen molar-refractivity contribution in [1.82, 2.24) is 9.88 Å². The van der Waals surface area contributed by atoms with Crippen molar-refractivity contribution in [2.24, 2.45) is 0 Å². The minimum absolute atomic E-state index is 0. The van der Waals surface area contributed by atoms with Crippen LogP contribution in [-0.4, -0.2) is 43.5 Å². The number of pyridine rings is 1. The largest absolute Gasteiger partial charge is 3.00 e. The molecule has 0 aliphatic heterocycles. The Morgan fingerprint density at radius 2 is 1.78 bits per heavy atom. The zero-order valence-electron chi connectivity index (χ0n) is 13.7. The quantitative estimate of drug-likeness (QED) is 0.696. The second-order valence-corrected chi connectivity index (χ2v) is 5.53. The molecule has 0 fully saturated rings. The number of carbonyl (C=O) groups excluding carboxylic acids is 1. The van der Waals surface area contributed by atoms with Crippen molar-refractivity contribution in [1.29, 1.82) is 0 Å². The van der Waals surface area contributed by atoms with E-state index in [0.29, 0.717) is 5.56 Å². The van der Waals surface area contributed by atoms with Gasteiger partial charge in [-0.25, -0.2) is 4.98 Å². The molecule has 0 aliphatic rings. The first-order valence-electron chi connectivity index (χ1n) is 7.13. The van der Waals surface area contributed by atoms with Gasteiger partial charge in [0.05, 0.1) is 11.9 Å². The third-order valence-electron chi connectivity index (χ3n) is 3.56. The predicted octanol–water partition coefficient (Wildman–Crippen LogP) is 3.01. The first-order chi connectivity index (χ1) is 10.5. The van der Waals surface area contributed by atoms with Crippen LogP contribution in [0.15, 0.2) is 48.7 Å². The van der Waals surface area contributed by atoms with Crippen molar-refractivity contribution in [3.05, 3.63) is 65.5 Å². The van der Waals surface area contributed by atoms with Crippen molar-refractivity contribution in [2.75, 3.05) is 32.6 Å². The Bertz CT molecular complexity index is 616. The van der Waals surface area contributed by atoms with Crippen molar-refractivity contribution in [3.63, 3.8) is 0 Å². The summed E-state index contributed by atoms with van der Waals surface area (Å²) in [7, 11) is 6.07. The number of hydrogen-bond acceptors (Lipinski definition) is 4. The van der Waals surface area contributed by atoms with Gasteiger partial charge in [0.1, 0.15) is 5.82 Å². The van der Waals surface area contributed by atoms with E-state index in [4.69, 9.17) is 5.73 Å². The van der Waals surface area contributed by atoms with E-state index in [1.54, 1.807) is 12.1 Å². The summed E-state index contributed by atoms with van der Waals surface area (Å²) in [6.45, 7) is 0.849. The summed E-state index contributed by atoms with van der Waals surface area (Å²) in [4.78, 5) is 19.6. The average molecular weight is 438 g/mol. The molecule has 23 heavy (non-hydrogen) atoms. The van der Waals surface area contributed by atoms with Crippen molar-refractivity contribution in [3.8, 4) is 0 Å². The number of amides is 1. The van der Waals surface area contributed by atoms with Crippen molar-refractivity contribution >= 4 is 11.7 Å². The third-order valence-corrected chi connectivity index (χ3v) is 3.56. The van der Waals surface area contributed by atoms with Crippen LogP contribution in [0, 0.1) is 41.3 Å². The van der Waals surface area contributed by atoms with E-state index in [-0.39, 0.29) is 47.3 Å². The van der Waals surface area contributed by atoms with E-state index in [0.717, 1.165) is 12.4 Å². The minimum atomic E-state index is -0.713.